The molecule has 0 aliphatic rings. The normalized spacial score (nSPS) is 13.0. The summed E-state index contributed by atoms with van der Waals surface area (Å²) in [6, 6.07) is 14.7. The fourth-order valence-corrected chi connectivity index (χ4v) is 4.49. The van der Waals surface area contributed by atoms with Gasteiger partial charge in [-0.15, -0.1) is 0 Å². The first-order chi connectivity index (χ1) is 15.3. The molecule has 3 aromatic carbocycles. The third-order valence-electron chi connectivity index (χ3n) is 5.24. The molecular formula is C24H24Cl2FO4P. The molecule has 0 saturated carbocycles. The molecule has 0 bridgehead atoms. The summed E-state index contributed by atoms with van der Waals surface area (Å²) >= 11 is 12.9. The third kappa shape index (κ3) is 6.49. The Balaban J connectivity index is 1.76. The summed E-state index contributed by atoms with van der Waals surface area (Å²) in [4.78, 5) is 9.33. The van der Waals surface area contributed by atoms with Gasteiger partial charge >= 0.3 is 0 Å². The molecule has 4 nitrogen and oxygen atoms in total. The Morgan fingerprint density at radius 2 is 1.62 bits per heavy atom. The second-order valence-corrected chi connectivity index (χ2v) is 9.87. The van der Waals surface area contributed by atoms with Crippen LogP contribution in [0.25, 0.3) is 0 Å². The van der Waals surface area contributed by atoms with E-state index in [9.17, 15) is 19.0 Å². The van der Waals surface area contributed by atoms with E-state index in [0.29, 0.717) is 46.2 Å². The predicted octanol–water partition coefficient (Wildman–Crippen LogP) is 6.64. The van der Waals surface area contributed by atoms with Gasteiger partial charge in [0.05, 0.1) is 12.3 Å². The number of hydrogen-bond acceptors (Lipinski definition) is 3. The summed E-state index contributed by atoms with van der Waals surface area (Å²) in [5, 5.41) is 11.1. The van der Waals surface area contributed by atoms with Gasteiger partial charge in [0.1, 0.15) is 17.3 Å². The summed E-state index contributed by atoms with van der Waals surface area (Å²) in [5.74, 6) is 0.292. The minimum atomic E-state index is -2.67. The monoisotopic (exact) mass is 496 g/mol. The summed E-state index contributed by atoms with van der Waals surface area (Å²) in [6.45, 7) is 1.94. The lowest BCUT2D eigenvalue weighted by Gasteiger charge is -2.15. The van der Waals surface area contributed by atoms with Gasteiger partial charge < -0.3 is 14.7 Å². The van der Waals surface area contributed by atoms with Gasteiger partial charge in [0, 0.05) is 22.9 Å². The van der Waals surface area contributed by atoms with E-state index < -0.39 is 13.7 Å². The van der Waals surface area contributed by atoms with Crippen molar-refractivity contribution < 1.29 is 23.7 Å². The van der Waals surface area contributed by atoms with E-state index in [0.717, 1.165) is 11.1 Å². The Labute approximate surface area is 197 Å². The van der Waals surface area contributed by atoms with Crippen molar-refractivity contribution in [3.05, 3.63) is 92.7 Å². The van der Waals surface area contributed by atoms with E-state index in [1.165, 1.54) is 12.1 Å². The van der Waals surface area contributed by atoms with Crippen LogP contribution in [-0.4, -0.2) is 22.3 Å². The van der Waals surface area contributed by atoms with Crippen LogP contribution in [0.3, 0.4) is 0 Å². The minimum Gasteiger partial charge on any atom is -0.508 e. The molecular weight excluding hydrogens is 473 g/mol. The van der Waals surface area contributed by atoms with E-state index in [2.05, 4.69) is 0 Å². The van der Waals surface area contributed by atoms with Gasteiger partial charge in [-0.2, -0.15) is 0 Å². The summed E-state index contributed by atoms with van der Waals surface area (Å²) in [5.41, 5.74) is 2.79. The first kappa shape index (κ1) is 24.6. The number of halogens is 3. The maximum absolute atomic E-state index is 13.1. The fourth-order valence-electron chi connectivity index (χ4n) is 3.31. The van der Waals surface area contributed by atoms with Crippen molar-refractivity contribution in [2.45, 2.75) is 31.8 Å². The number of benzene rings is 3. The molecule has 0 saturated heterocycles. The van der Waals surface area contributed by atoms with Crippen molar-refractivity contribution in [1.82, 2.24) is 0 Å². The molecule has 0 spiro atoms. The van der Waals surface area contributed by atoms with Gasteiger partial charge in [-0.1, -0.05) is 54.4 Å². The van der Waals surface area contributed by atoms with Gasteiger partial charge in [0.15, 0.2) is 8.03 Å². The summed E-state index contributed by atoms with van der Waals surface area (Å²) in [7, 11) is -2.67. The van der Waals surface area contributed by atoms with Crippen LogP contribution < -0.4 is 4.74 Å². The highest BCUT2D eigenvalue weighted by molar-refractivity contribution is 7.38. The van der Waals surface area contributed by atoms with Crippen molar-refractivity contribution >= 4 is 31.2 Å². The van der Waals surface area contributed by atoms with Crippen molar-refractivity contribution in [1.29, 1.82) is 0 Å². The molecule has 32 heavy (non-hydrogen) atoms. The van der Waals surface area contributed by atoms with Gasteiger partial charge in [0.2, 0.25) is 0 Å². The zero-order valence-electron chi connectivity index (χ0n) is 17.4. The average molecular weight is 497 g/mol. The van der Waals surface area contributed by atoms with Gasteiger partial charge in [-0.25, -0.2) is 4.39 Å². The van der Waals surface area contributed by atoms with Crippen LogP contribution in [0.4, 0.5) is 4.39 Å². The van der Waals surface area contributed by atoms with E-state index in [1.54, 1.807) is 36.4 Å². The highest BCUT2D eigenvalue weighted by Crippen LogP contribution is 2.34. The van der Waals surface area contributed by atoms with Crippen molar-refractivity contribution in [2.75, 3.05) is 6.61 Å². The highest BCUT2D eigenvalue weighted by Gasteiger charge is 2.15. The molecule has 2 N–H and O–H groups in total. The molecule has 3 rings (SSSR count). The van der Waals surface area contributed by atoms with E-state index in [4.69, 9.17) is 27.9 Å². The number of rotatable bonds is 9. The Hall–Kier alpha value is -2.04. The zero-order valence-corrected chi connectivity index (χ0v) is 20.0. The molecule has 0 radical (unpaired) electrons. The smallest absolute Gasteiger partial charge is 0.195 e. The van der Waals surface area contributed by atoms with E-state index >= 15 is 0 Å². The molecule has 2 atom stereocenters. The lowest BCUT2D eigenvalue weighted by Crippen LogP contribution is -2.13. The van der Waals surface area contributed by atoms with Crippen LogP contribution >= 0.6 is 31.2 Å². The van der Waals surface area contributed by atoms with Crippen molar-refractivity contribution in [2.24, 2.45) is 0 Å². The molecule has 0 fully saturated rings. The van der Waals surface area contributed by atoms with E-state index in [-0.39, 0.29) is 18.2 Å². The summed E-state index contributed by atoms with van der Waals surface area (Å²) < 4.78 is 30.1. The number of ether oxygens (including phenoxy) is 1. The number of aromatic hydroxyl groups is 1. The maximum atomic E-state index is 13.1. The topological polar surface area (TPSA) is 66.8 Å². The van der Waals surface area contributed by atoms with Crippen LogP contribution in [0.1, 0.15) is 35.6 Å². The number of phenols is 1. The first-order valence-corrected chi connectivity index (χ1v) is 12.3. The zero-order chi connectivity index (χ0) is 23.3. The molecule has 2 unspecified atom stereocenters. The second kappa shape index (κ2) is 11.2. The summed E-state index contributed by atoms with van der Waals surface area (Å²) in [6.07, 6.45) is 1.44. The lowest BCUT2D eigenvalue weighted by atomic mass is 9.98. The Morgan fingerprint density at radius 3 is 2.22 bits per heavy atom. The molecule has 3 aromatic rings. The number of phenolic OH excluding ortho intramolecular Hbond substituents is 1. The second-order valence-electron chi connectivity index (χ2n) is 7.56. The molecule has 0 aliphatic carbocycles. The molecule has 170 valence electrons. The molecule has 8 heteroatoms. The largest absolute Gasteiger partial charge is 0.508 e. The first-order valence-electron chi connectivity index (χ1n) is 10.2. The third-order valence-corrected chi connectivity index (χ3v) is 7.19. The van der Waals surface area contributed by atoms with Gasteiger partial charge in [-0.3, -0.25) is 4.57 Å². The van der Waals surface area contributed by atoms with Crippen LogP contribution in [0.5, 0.6) is 11.5 Å². The molecule has 0 aromatic heterocycles. The van der Waals surface area contributed by atoms with E-state index in [1.807, 2.05) is 13.0 Å². The molecule has 0 amide bonds. The predicted molar refractivity (Wildman–Crippen MR) is 127 cm³/mol. The quantitative estimate of drug-likeness (QED) is 0.325. The minimum absolute atomic E-state index is 0.113. The van der Waals surface area contributed by atoms with Gasteiger partial charge in [0.25, 0.3) is 0 Å². The van der Waals surface area contributed by atoms with Crippen LogP contribution in [0, 0.1) is 5.82 Å². The maximum Gasteiger partial charge on any atom is 0.195 e. The lowest BCUT2D eigenvalue weighted by molar-refractivity contribution is 0.304. The fraction of sp³-hybridized carbons (Fsp3) is 0.250. The highest BCUT2D eigenvalue weighted by atomic mass is 35.5. The van der Waals surface area contributed by atoms with Crippen LogP contribution in [-0.2, 0) is 17.4 Å². The average Bonchev–Trinajstić information content (AvgIpc) is 2.74. The Morgan fingerprint density at radius 1 is 1.00 bits per heavy atom. The van der Waals surface area contributed by atoms with Crippen LogP contribution in [0.15, 0.2) is 54.6 Å². The SMILES string of the molecule is CCC(COc1cc(Cl)c(Cc2ccc(O)c(Cc3ccc(F)cc3)c2)c(Cl)c1)[PH](=O)O. The van der Waals surface area contributed by atoms with Gasteiger partial charge in [-0.05, 0) is 59.0 Å². The standard InChI is InChI=1S/C24H24Cl2FO4P/c1-2-20(32(29)30)14-31-19-12-22(25)21(23(26)13-19)11-16-5-8-24(28)17(10-16)9-15-3-6-18(27)7-4-15/h3-8,10,12-13,20,28,32H,2,9,11,14H2,1H3,(H,29,30). The van der Waals surface area contributed by atoms with Crippen molar-refractivity contribution in [3.8, 4) is 11.5 Å². The Kier molecular flexibility index (Phi) is 8.61. The number of hydrogen-bond donors (Lipinski definition) is 2. The molecule has 0 aliphatic heterocycles. The molecule has 0 heterocycles. The Bertz CT molecular complexity index is 1080. The van der Waals surface area contributed by atoms with Crippen molar-refractivity contribution in [3.63, 3.8) is 0 Å². The van der Waals surface area contributed by atoms with Crippen LogP contribution in [0.2, 0.25) is 10.0 Å².